The average Bonchev–Trinajstić information content (AvgIpc) is 3.83. The minimum absolute atomic E-state index is 0.112. The summed E-state index contributed by atoms with van der Waals surface area (Å²) in [7, 11) is 0. The van der Waals surface area contributed by atoms with Crippen molar-refractivity contribution in [1.29, 1.82) is 0 Å². The molecule has 1 aromatic carbocycles. The minimum atomic E-state index is 0.112. The Morgan fingerprint density at radius 3 is 2.47 bits per heavy atom. The first-order chi connectivity index (χ1) is 18.3. The van der Waals surface area contributed by atoms with Crippen LogP contribution in [-0.4, -0.2) is 70.7 Å². The highest BCUT2D eigenvalue weighted by atomic mass is 16.2. The highest BCUT2D eigenvalue weighted by Crippen LogP contribution is 2.90. The number of carbonyl (C=O) groups excluding carboxylic acids is 2. The van der Waals surface area contributed by atoms with Gasteiger partial charge >= 0.3 is 0 Å². The van der Waals surface area contributed by atoms with Crippen LogP contribution < -0.4 is 4.90 Å². The molecule has 2 aliphatic heterocycles. The zero-order chi connectivity index (χ0) is 26.0. The third kappa shape index (κ3) is 3.05. The van der Waals surface area contributed by atoms with Gasteiger partial charge in [0.15, 0.2) is 5.69 Å². The Bertz CT molecular complexity index is 1370. The summed E-state index contributed by atoms with van der Waals surface area (Å²) in [5.74, 6) is 0.806. The lowest BCUT2D eigenvalue weighted by Crippen LogP contribution is -2.50. The van der Waals surface area contributed by atoms with E-state index in [1.165, 1.54) is 53.8 Å². The van der Waals surface area contributed by atoms with Crippen molar-refractivity contribution in [1.82, 2.24) is 19.6 Å². The Morgan fingerprint density at radius 2 is 1.76 bits per heavy atom. The Labute approximate surface area is 225 Å². The van der Waals surface area contributed by atoms with Gasteiger partial charge < -0.3 is 14.7 Å². The van der Waals surface area contributed by atoms with Crippen LogP contribution in [0.5, 0.6) is 0 Å². The van der Waals surface area contributed by atoms with Gasteiger partial charge in [0, 0.05) is 61.6 Å². The second kappa shape index (κ2) is 7.42. The maximum atomic E-state index is 13.8. The van der Waals surface area contributed by atoms with Gasteiger partial charge in [0.1, 0.15) is 6.54 Å². The standard InChI is InChI=1S/C31H39N5O2/c1-20-5-4-6-23(22(20)3)33-11-13-34(14-12-33)25(37)17-36-24-15-30-18-31(30,19-30)26(24)27(32-36)28(38)35-10-9-29(7-8-29)21(2)16-35/h4-6,21H,7-19H2,1-3H3/t21-,30?,31?/m0/s1. The lowest BCUT2D eigenvalue weighted by Gasteiger charge is -2.37. The van der Waals surface area contributed by atoms with Gasteiger partial charge in [0.25, 0.3) is 5.91 Å². The number of amides is 2. The summed E-state index contributed by atoms with van der Waals surface area (Å²) in [6.07, 6.45) is 7.21. The molecule has 5 fully saturated rings. The van der Waals surface area contributed by atoms with Gasteiger partial charge in [-0.1, -0.05) is 19.1 Å². The van der Waals surface area contributed by atoms with Gasteiger partial charge in [-0.2, -0.15) is 5.10 Å². The first-order valence-corrected chi connectivity index (χ1v) is 14.7. The van der Waals surface area contributed by atoms with Crippen LogP contribution in [0.3, 0.4) is 0 Å². The molecule has 0 bridgehead atoms. The first kappa shape index (κ1) is 23.1. The quantitative estimate of drug-likeness (QED) is 0.626. The molecule has 0 radical (unpaired) electrons. The molecule has 8 rings (SSSR count). The van der Waals surface area contributed by atoms with Crippen molar-refractivity contribution in [2.45, 2.75) is 71.3 Å². The third-order valence-corrected chi connectivity index (χ3v) is 11.7. The lowest BCUT2D eigenvalue weighted by atomic mass is 9.83. The summed E-state index contributed by atoms with van der Waals surface area (Å²) in [6, 6.07) is 6.46. The zero-order valence-corrected chi connectivity index (χ0v) is 23.1. The van der Waals surface area contributed by atoms with Crippen LogP contribution in [0.15, 0.2) is 18.2 Å². The second-order valence-corrected chi connectivity index (χ2v) is 13.6. The topological polar surface area (TPSA) is 61.7 Å². The number of rotatable bonds is 4. The molecule has 38 heavy (non-hydrogen) atoms. The summed E-state index contributed by atoms with van der Waals surface area (Å²) in [4.78, 5) is 33.8. The lowest BCUT2D eigenvalue weighted by molar-refractivity contribution is -0.132. The van der Waals surface area contributed by atoms with Gasteiger partial charge in [-0.15, -0.1) is 0 Å². The van der Waals surface area contributed by atoms with Crippen molar-refractivity contribution < 1.29 is 9.59 Å². The molecule has 4 aliphatic carbocycles. The number of likely N-dealkylation sites (tertiary alicyclic amines) is 1. The predicted octanol–water partition coefficient (Wildman–Crippen LogP) is 3.70. The molecular weight excluding hydrogens is 474 g/mol. The molecule has 7 heteroatoms. The molecule has 200 valence electrons. The molecule has 1 aromatic heterocycles. The highest BCUT2D eigenvalue weighted by molar-refractivity contribution is 5.96. The number of benzene rings is 1. The number of hydrogen-bond acceptors (Lipinski definition) is 4. The van der Waals surface area contributed by atoms with Crippen LogP contribution in [-0.2, 0) is 23.2 Å². The Balaban J connectivity index is 0.991. The largest absolute Gasteiger partial charge is 0.368 e. The van der Waals surface area contributed by atoms with E-state index >= 15 is 0 Å². The first-order valence-electron chi connectivity index (χ1n) is 14.7. The maximum Gasteiger partial charge on any atom is 0.274 e. The maximum absolute atomic E-state index is 13.8. The minimum Gasteiger partial charge on any atom is -0.368 e. The summed E-state index contributed by atoms with van der Waals surface area (Å²) >= 11 is 0. The summed E-state index contributed by atoms with van der Waals surface area (Å²) in [5, 5.41) is 4.92. The van der Waals surface area contributed by atoms with Crippen molar-refractivity contribution in [3.05, 3.63) is 46.3 Å². The van der Waals surface area contributed by atoms with E-state index in [9.17, 15) is 9.59 Å². The Hall–Kier alpha value is -2.83. The van der Waals surface area contributed by atoms with Crippen LogP contribution in [0.2, 0.25) is 0 Å². The molecule has 1 spiro atoms. The summed E-state index contributed by atoms with van der Waals surface area (Å²) in [5.41, 5.74) is 8.09. The molecule has 2 aromatic rings. The SMILES string of the molecule is Cc1cccc(N2CCN(C(=O)Cn3nc(C(=O)N4CCC5(CC5)[C@@H](C)C4)c4c3CC35CC43C5)CC2)c1C. The van der Waals surface area contributed by atoms with Gasteiger partial charge in [-0.3, -0.25) is 14.3 Å². The monoisotopic (exact) mass is 513 g/mol. The Kier molecular flexibility index (Phi) is 4.51. The highest BCUT2D eigenvalue weighted by Gasteiger charge is 2.87. The van der Waals surface area contributed by atoms with Gasteiger partial charge in [-0.25, -0.2) is 0 Å². The van der Waals surface area contributed by atoms with E-state index in [2.05, 4.69) is 48.8 Å². The van der Waals surface area contributed by atoms with Crippen molar-refractivity contribution in [3.8, 4) is 0 Å². The van der Waals surface area contributed by atoms with Gasteiger partial charge in [0.2, 0.25) is 5.91 Å². The van der Waals surface area contributed by atoms with Crippen LogP contribution >= 0.6 is 0 Å². The van der Waals surface area contributed by atoms with Gasteiger partial charge in [0.05, 0.1) is 0 Å². The number of nitrogens with zero attached hydrogens (tertiary/aromatic N) is 5. The molecule has 7 nitrogen and oxygen atoms in total. The van der Waals surface area contributed by atoms with Crippen molar-refractivity contribution in [3.63, 3.8) is 0 Å². The van der Waals surface area contributed by atoms with E-state index in [1.807, 2.05) is 9.58 Å². The number of hydrogen-bond donors (Lipinski definition) is 0. The van der Waals surface area contributed by atoms with Crippen molar-refractivity contribution in [2.24, 2.45) is 16.7 Å². The normalized spacial score (nSPS) is 31.7. The molecule has 3 saturated carbocycles. The van der Waals surface area contributed by atoms with Crippen LogP contribution in [0, 0.1) is 30.6 Å². The smallest absolute Gasteiger partial charge is 0.274 e. The Morgan fingerprint density at radius 1 is 1.00 bits per heavy atom. The number of anilines is 1. The molecule has 0 unspecified atom stereocenters. The average molecular weight is 514 g/mol. The van der Waals surface area contributed by atoms with E-state index in [4.69, 9.17) is 5.10 Å². The molecule has 0 N–H and O–H groups in total. The summed E-state index contributed by atoms with van der Waals surface area (Å²) in [6.45, 7) is 11.8. The molecule has 2 saturated heterocycles. The fraction of sp³-hybridized carbons (Fsp3) is 0.645. The number of piperazine rings is 1. The molecule has 2 amide bonds. The van der Waals surface area contributed by atoms with Crippen molar-refractivity contribution >= 4 is 17.5 Å². The van der Waals surface area contributed by atoms with E-state index in [0.29, 0.717) is 22.4 Å². The summed E-state index contributed by atoms with van der Waals surface area (Å²) < 4.78 is 1.92. The molecule has 6 aliphatic rings. The molecule has 1 atom stereocenters. The van der Waals surface area contributed by atoms with Crippen LogP contribution in [0.25, 0.3) is 0 Å². The number of carbonyl (C=O) groups is 2. The fourth-order valence-electron chi connectivity index (χ4n) is 8.49. The number of piperidine rings is 1. The number of aryl methyl sites for hydroxylation is 1. The van der Waals surface area contributed by atoms with Crippen LogP contribution in [0.4, 0.5) is 5.69 Å². The van der Waals surface area contributed by atoms with Crippen molar-refractivity contribution in [2.75, 3.05) is 44.2 Å². The second-order valence-electron chi connectivity index (χ2n) is 13.6. The molecule has 3 heterocycles. The van der Waals surface area contributed by atoms with E-state index in [1.54, 1.807) is 0 Å². The number of aromatic nitrogens is 2. The van der Waals surface area contributed by atoms with E-state index < -0.39 is 0 Å². The van der Waals surface area contributed by atoms with E-state index in [0.717, 1.165) is 52.1 Å². The zero-order valence-electron chi connectivity index (χ0n) is 23.1. The number of fused-ring (bicyclic) bond motifs is 1. The van der Waals surface area contributed by atoms with Crippen LogP contribution in [0.1, 0.15) is 71.9 Å². The third-order valence-electron chi connectivity index (χ3n) is 11.7. The fourth-order valence-corrected chi connectivity index (χ4v) is 8.49. The van der Waals surface area contributed by atoms with Gasteiger partial charge in [-0.05, 0) is 86.3 Å². The van der Waals surface area contributed by atoms with E-state index in [-0.39, 0.29) is 23.8 Å². The predicted molar refractivity (Wildman–Crippen MR) is 145 cm³/mol. The molecular formula is C31H39N5O2.